The van der Waals surface area contributed by atoms with Crippen molar-refractivity contribution in [2.75, 3.05) is 6.54 Å². The summed E-state index contributed by atoms with van der Waals surface area (Å²) in [6, 6.07) is 10.4. The number of carbonyl (C=O) groups excluding carboxylic acids is 1. The van der Waals surface area contributed by atoms with Crippen molar-refractivity contribution in [3.8, 4) is 0 Å². The maximum absolute atomic E-state index is 12.8. The number of benzene rings is 1. The van der Waals surface area contributed by atoms with Crippen molar-refractivity contribution in [2.45, 2.75) is 44.7 Å². The highest BCUT2D eigenvalue weighted by molar-refractivity contribution is 5.76. The molecular weight excluding hydrogens is 304 g/mol. The van der Waals surface area contributed by atoms with Gasteiger partial charge in [-0.3, -0.25) is 0 Å². The van der Waals surface area contributed by atoms with Crippen LogP contribution in [0.25, 0.3) is 0 Å². The molecule has 4 rings (SSSR count). The quantitative estimate of drug-likeness (QED) is 0.941. The molecule has 126 valence electrons. The van der Waals surface area contributed by atoms with E-state index in [-0.39, 0.29) is 11.6 Å². The third-order valence-corrected chi connectivity index (χ3v) is 5.41. The van der Waals surface area contributed by atoms with E-state index in [1.807, 2.05) is 11.0 Å². The van der Waals surface area contributed by atoms with Crippen LogP contribution in [0.15, 0.2) is 34.9 Å². The van der Waals surface area contributed by atoms with Crippen LogP contribution in [0.5, 0.6) is 0 Å². The van der Waals surface area contributed by atoms with Gasteiger partial charge in [0.2, 0.25) is 5.89 Å². The summed E-state index contributed by atoms with van der Waals surface area (Å²) in [4.78, 5) is 18.9. The minimum absolute atomic E-state index is 0.0422. The maximum atomic E-state index is 12.8. The lowest BCUT2D eigenvalue weighted by molar-refractivity contribution is -0.0794. The number of amides is 2. The molecule has 2 fully saturated rings. The molecule has 2 aromatic rings. The fourth-order valence-electron chi connectivity index (χ4n) is 4.29. The summed E-state index contributed by atoms with van der Waals surface area (Å²) in [6.07, 6.45) is 4.66. The number of rotatable bonds is 3. The number of fused-ring (bicyclic) bond motifs is 1. The van der Waals surface area contributed by atoms with Crippen molar-refractivity contribution in [1.82, 2.24) is 20.4 Å². The Morgan fingerprint density at radius 2 is 2.21 bits per heavy atom. The topological polar surface area (TPSA) is 71.3 Å². The lowest BCUT2D eigenvalue weighted by Gasteiger charge is -2.61. The minimum Gasteiger partial charge on any atom is -0.340 e. The number of nitrogens with one attached hydrogen (secondary N) is 1. The van der Waals surface area contributed by atoms with Gasteiger partial charge in [0.25, 0.3) is 0 Å². The van der Waals surface area contributed by atoms with Gasteiger partial charge in [-0.25, -0.2) is 4.79 Å². The normalized spacial score (nSPS) is 25.7. The van der Waals surface area contributed by atoms with Gasteiger partial charge in [-0.15, -0.1) is 0 Å². The molecule has 1 N–H and O–H groups in total. The second-order valence-corrected chi connectivity index (χ2v) is 6.73. The van der Waals surface area contributed by atoms with Gasteiger partial charge in [-0.2, -0.15) is 4.98 Å². The van der Waals surface area contributed by atoms with E-state index in [1.54, 1.807) is 6.92 Å². The molecule has 0 spiro atoms. The second-order valence-electron chi connectivity index (χ2n) is 6.73. The molecule has 0 radical (unpaired) electrons. The molecule has 1 aromatic heterocycles. The summed E-state index contributed by atoms with van der Waals surface area (Å²) in [7, 11) is 0. The number of carbonyl (C=O) groups is 1. The molecule has 24 heavy (non-hydrogen) atoms. The van der Waals surface area contributed by atoms with Gasteiger partial charge in [0.1, 0.15) is 0 Å². The molecule has 1 saturated carbocycles. The molecule has 2 amide bonds. The number of hydrogen-bond acceptors (Lipinski definition) is 4. The summed E-state index contributed by atoms with van der Waals surface area (Å²) in [5.41, 5.74) is 1.11. The molecule has 6 heteroatoms. The first-order valence-corrected chi connectivity index (χ1v) is 8.60. The van der Waals surface area contributed by atoms with Crippen LogP contribution in [0.3, 0.4) is 0 Å². The Bertz CT molecular complexity index is 730. The highest BCUT2D eigenvalue weighted by Crippen LogP contribution is 2.53. The van der Waals surface area contributed by atoms with E-state index < -0.39 is 0 Å². The van der Waals surface area contributed by atoms with Gasteiger partial charge < -0.3 is 14.7 Å². The number of urea groups is 1. The third-order valence-electron chi connectivity index (χ3n) is 5.41. The van der Waals surface area contributed by atoms with Crippen molar-refractivity contribution in [1.29, 1.82) is 0 Å². The van der Waals surface area contributed by atoms with E-state index in [0.29, 0.717) is 24.2 Å². The molecule has 1 aliphatic carbocycles. The Hall–Kier alpha value is -2.37. The van der Waals surface area contributed by atoms with E-state index in [2.05, 4.69) is 39.7 Å². The van der Waals surface area contributed by atoms with E-state index in [9.17, 15) is 4.79 Å². The van der Waals surface area contributed by atoms with Crippen LogP contribution in [0.2, 0.25) is 0 Å². The van der Waals surface area contributed by atoms with Crippen molar-refractivity contribution >= 4 is 6.03 Å². The summed E-state index contributed by atoms with van der Waals surface area (Å²) in [5.74, 6) is 1.58. The standard InChI is InChI=1S/C18H22N4O2/c1-13-20-16(21-24-13)11-19-17(23)22-12-15-9-5-6-10-18(15,22)14-7-3-2-4-8-14/h2-4,7-8,15H,5-6,9-12H2,1H3,(H,19,23)/t15-,18+/m0/s1. The van der Waals surface area contributed by atoms with Crippen LogP contribution in [-0.2, 0) is 12.1 Å². The molecular formula is C18H22N4O2. The van der Waals surface area contributed by atoms with Gasteiger partial charge >= 0.3 is 6.03 Å². The SMILES string of the molecule is Cc1nc(CNC(=O)N2C[C@@H]3CCCC[C@@]32c2ccccc2)no1. The van der Waals surface area contributed by atoms with Crippen LogP contribution < -0.4 is 5.32 Å². The number of aromatic nitrogens is 2. The number of hydrogen-bond donors (Lipinski definition) is 1. The first-order chi connectivity index (χ1) is 11.7. The van der Waals surface area contributed by atoms with Crippen LogP contribution >= 0.6 is 0 Å². The third kappa shape index (κ3) is 2.37. The Labute approximate surface area is 141 Å². The highest BCUT2D eigenvalue weighted by atomic mass is 16.5. The predicted molar refractivity (Wildman–Crippen MR) is 88.1 cm³/mol. The number of nitrogens with zero attached hydrogens (tertiary/aromatic N) is 3. The van der Waals surface area contributed by atoms with Crippen LogP contribution in [0.1, 0.15) is 43.0 Å². The average Bonchev–Trinajstić information content (AvgIpc) is 3.00. The predicted octanol–water partition coefficient (Wildman–Crippen LogP) is 2.99. The van der Waals surface area contributed by atoms with Crippen LogP contribution in [0, 0.1) is 12.8 Å². The van der Waals surface area contributed by atoms with Gasteiger partial charge in [-0.05, 0) is 18.4 Å². The monoisotopic (exact) mass is 326 g/mol. The average molecular weight is 326 g/mol. The molecule has 0 bridgehead atoms. The highest BCUT2D eigenvalue weighted by Gasteiger charge is 2.56. The number of aryl methyl sites for hydroxylation is 1. The summed E-state index contributed by atoms with van der Waals surface area (Å²) < 4.78 is 4.95. The van der Waals surface area contributed by atoms with Gasteiger partial charge in [0, 0.05) is 19.4 Å². The lowest BCUT2D eigenvalue weighted by Crippen LogP contribution is -2.69. The van der Waals surface area contributed by atoms with Crippen molar-refractivity contribution in [3.05, 3.63) is 47.6 Å². The van der Waals surface area contributed by atoms with E-state index in [4.69, 9.17) is 4.52 Å². The van der Waals surface area contributed by atoms with Crippen molar-refractivity contribution in [3.63, 3.8) is 0 Å². The van der Waals surface area contributed by atoms with E-state index >= 15 is 0 Å². The van der Waals surface area contributed by atoms with Gasteiger partial charge in [0.05, 0.1) is 12.1 Å². The first kappa shape index (κ1) is 15.2. The zero-order valence-electron chi connectivity index (χ0n) is 13.9. The summed E-state index contributed by atoms with van der Waals surface area (Å²) in [6.45, 7) is 2.86. The smallest absolute Gasteiger partial charge is 0.318 e. The largest absolute Gasteiger partial charge is 0.340 e. The van der Waals surface area contributed by atoms with Crippen LogP contribution in [-0.4, -0.2) is 27.6 Å². The Balaban J connectivity index is 1.52. The lowest BCUT2D eigenvalue weighted by atomic mass is 9.62. The molecule has 2 aliphatic rings. The number of likely N-dealkylation sites (tertiary alicyclic amines) is 1. The molecule has 2 heterocycles. The Morgan fingerprint density at radius 3 is 2.92 bits per heavy atom. The minimum atomic E-state index is -0.142. The molecule has 0 unspecified atom stereocenters. The molecule has 1 aliphatic heterocycles. The van der Waals surface area contributed by atoms with Gasteiger partial charge in [0.15, 0.2) is 5.82 Å². The van der Waals surface area contributed by atoms with E-state index in [0.717, 1.165) is 13.0 Å². The van der Waals surface area contributed by atoms with Gasteiger partial charge in [-0.1, -0.05) is 48.3 Å². The fraction of sp³-hybridized carbons (Fsp3) is 0.500. The first-order valence-electron chi connectivity index (χ1n) is 8.60. The summed E-state index contributed by atoms with van der Waals surface area (Å²) in [5, 5.41) is 6.77. The zero-order valence-corrected chi connectivity index (χ0v) is 13.9. The molecule has 1 aromatic carbocycles. The second kappa shape index (κ2) is 5.92. The fourth-order valence-corrected chi connectivity index (χ4v) is 4.29. The Kier molecular flexibility index (Phi) is 3.75. The van der Waals surface area contributed by atoms with E-state index in [1.165, 1.54) is 24.8 Å². The Morgan fingerprint density at radius 1 is 1.38 bits per heavy atom. The molecule has 2 atom stereocenters. The van der Waals surface area contributed by atoms with Crippen molar-refractivity contribution < 1.29 is 9.32 Å². The van der Waals surface area contributed by atoms with Crippen molar-refractivity contribution in [2.24, 2.45) is 5.92 Å². The molecule has 1 saturated heterocycles. The van der Waals surface area contributed by atoms with Crippen LogP contribution in [0.4, 0.5) is 4.79 Å². The molecule has 6 nitrogen and oxygen atoms in total. The zero-order chi connectivity index (χ0) is 16.6. The maximum Gasteiger partial charge on any atom is 0.318 e. The summed E-state index contributed by atoms with van der Waals surface area (Å²) >= 11 is 0.